The van der Waals surface area contributed by atoms with Crippen LogP contribution >= 0.6 is 11.6 Å². The molecule has 2 aromatic carbocycles. The summed E-state index contributed by atoms with van der Waals surface area (Å²) in [7, 11) is 0. The highest BCUT2D eigenvalue weighted by Gasteiger charge is 2.28. The van der Waals surface area contributed by atoms with Crippen molar-refractivity contribution in [3.05, 3.63) is 52.5 Å². The first-order valence-electron chi connectivity index (χ1n) is 6.65. The Kier molecular flexibility index (Phi) is 3.47. The lowest BCUT2D eigenvalue weighted by Crippen LogP contribution is -2.38. The van der Waals surface area contributed by atoms with Crippen molar-refractivity contribution in [2.45, 2.75) is 19.4 Å². The largest absolute Gasteiger partial charge is 0.478 e. The summed E-state index contributed by atoms with van der Waals surface area (Å²) in [4.78, 5) is 12.1. The van der Waals surface area contributed by atoms with E-state index in [2.05, 4.69) is 5.32 Å². The zero-order valence-electron chi connectivity index (χ0n) is 11.5. The fourth-order valence-corrected chi connectivity index (χ4v) is 2.55. The molecule has 0 bridgehead atoms. The molecule has 1 aliphatic rings. The van der Waals surface area contributed by atoms with E-state index in [1.54, 1.807) is 18.2 Å². The van der Waals surface area contributed by atoms with Gasteiger partial charge in [0.15, 0.2) is 6.10 Å². The average Bonchev–Trinajstić information content (AvgIpc) is 2.44. The molecule has 1 heterocycles. The van der Waals surface area contributed by atoms with Crippen LogP contribution < -0.4 is 15.8 Å². The van der Waals surface area contributed by atoms with E-state index in [0.29, 0.717) is 28.6 Å². The Labute approximate surface area is 127 Å². The Morgan fingerprint density at radius 1 is 1.29 bits per heavy atom. The molecule has 4 nitrogen and oxygen atoms in total. The minimum atomic E-state index is -0.587. The number of anilines is 2. The lowest BCUT2D eigenvalue weighted by molar-refractivity contribution is -0.123. The number of nitrogens with one attached hydrogen (secondary N) is 1. The molecule has 1 aliphatic heterocycles. The number of halogens is 1. The fourth-order valence-electron chi connectivity index (χ4n) is 2.35. The number of carbonyl (C=O) groups excluding carboxylic acids is 1. The monoisotopic (exact) mass is 302 g/mol. The SMILES string of the molecule is Cc1ccc(Cl)cc1CC1Oc2cc(N)ccc2NC1=O. The Balaban J connectivity index is 1.86. The average molecular weight is 303 g/mol. The molecule has 3 N–H and O–H groups in total. The maximum atomic E-state index is 12.1. The van der Waals surface area contributed by atoms with Crippen molar-refractivity contribution in [1.82, 2.24) is 0 Å². The van der Waals surface area contributed by atoms with Crippen LogP contribution in [0.15, 0.2) is 36.4 Å². The van der Waals surface area contributed by atoms with Gasteiger partial charge in [-0.05, 0) is 42.3 Å². The predicted octanol–water partition coefficient (Wildman–Crippen LogP) is 3.17. The van der Waals surface area contributed by atoms with Gasteiger partial charge in [0.2, 0.25) is 0 Å². The van der Waals surface area contributed by atoms with Gasteiger partial charge >= 0.3 is 0 Å². The number of nitrogen functional groups attached to an aromatic ring is 1. The molecular weight excluding hydrogens is 288 g/mol. The van der Waals surface area contributed by atoms with Crippen molar-refractivity contribution >= 4 is 28.9 Å². The Morgan fingerprint density at radius 3 is 2.90 bits per heavy atom. The Hall–Kier alpha value is -2.20. The molecule has 3 rings (SSSR count). The number of aryl methyl sites for hydroxylation is 1. The lowest BCUT2D eigenvalue weighted by atomic mass is 10.0. The van der Waals surface area contributed by atoms with Gasteiger partial charge in [-0.1, -0.05) is 17.7 Å². The van der Waals surface area contributed by atoms with Crippen molar-refractivity contribution in [1.29, 1.82) is 0 Å². The van der Waals surface area contributed by atoms with Gasteiger partial charge in [0.05, 0.1) is 5.69 Å². The molecule has 0 aliphatic carbocycles. The van der Waals surface area contributed by atoms with Crippen LogP contribution in [0, 0.1) is 6.92 Å². The van der Waals surface area contributed by atoms with Crippen LogP contribution in [-0.2, 0) is 11.2 Å². The van der Waals surface area contributed by atoms with Crippen LogP contribution in [0.3, 0.4) is 0 Å². The summed E-state index contributed by atoms with van der Waals surface area (Å²) in [5, 5.41) is 3.49. The molecule has 1 unspecified atom stereocenters. The van der Waals surface area contributed by atoms with Gasteiger partial charge in [0.1, 0.15) is 5.75 Å². The number of ether oxygens (including phenoxy) is 1. The van der Waals surface area contributed by atoms with E-state index in [0.717, 1.165) is 11.1 Å². The summed E-state index contributed by atoms with van der Waals surface area (Å²) in [5.74, 6) is 0.436. The summed E-state index contributed by atoms with van der Waals surface area (Å²) < 4.78 is 5.79. The molecule has 5 heteroatoms. The Bertz CT molecular complexity index is 715. The first kappa shape index (κ1) is 13.8. The van der Waals surface area contributed by atoms with Gasteiger partial charge in [-0.15, -0.1) is 0 Å². The van der Waals surface area contributed by atoms with Crippen LogP contribution in [0.4, 0.5) is 11.4 Å². The second-order valence-electron chi connectivity index (χ2n) is 5.13. The summed E-state index contributed by atoms with van der Waals surface area (Å²) in [6.45, 7) is 1.98. The second kappa shape index (κ2) is 5.30. The van der Waals surface area contributed by atoms with Crippen molar-refractivity contribution in [2.24, 2.45) is 0 Å². The molecule has 0 saturated heterocycles. The van der Waals surface area contributed by atoms with Crippen LogP contribution in [0.2, 0.25) is 5.02 Å². The predicted molar refractivity (Wildman–Crippen MR) is 83.8 cm³/mol. The van der Waals surface area contributed by atoms with E-state index in [9.17, 15) is 4.79 Å². The van der Waals surface area contributed by atoms with Crippen molar-refractivity contribution < 1.29 is 9.53 Å². The van der Waals surface area contributed by atoms with Gasteiger partial charge in [-0.2, -0.15) is 0 Å². The van der Waals surface area contributed by atoms with Crippen LogP contribution in [-0.4, -0.2) is 12.0 Å². The van der Waals surface area contributed by atoms with E-state index in [1.807, 2.05) is 25.1 Å². The summed E-state index contributed by atoms with van der Waals surface area (Å²) in [5.41, 5.74) is 9.07. The summed E-state index contributed by atoms with van der Waals surface area (Å²) in [6.07, 6.45) is -0.122. The number of nitrogens with two attached hydrogens (primary N) is 1. The molecular formula is C16H15ClN2O2. The maximum absolute atomic E-state index is 12.1. The molecule has 1 atom stereocenters. The summed E-state index contributed by atoms with van der Waals surface area (Å²) >= 11 is 6.01. The standard InChI is InChI=1S/C16H15ClN2O2/c1-9-2-3-11(17)6-10(9)7-15-16(20)19-13-5-4-12(18)8-14(13)21-15/h2-6,8,15H,7,18H2,1H3,(H,19,20). The highest BCUT2D eigenvalue weighted by Crippen LogP contribution is 2.32. The fraction of sp³-hybridized carbons (Fsp3) is 0.188. The molecule has 1 amide bonds. The number of benzene rings is 2. The quantitative estimate of drug-likeness (QED) is 0.838. The van der Waals surface area contributed by atoms with Gasteiger partial charge in [-0.3, -0.25) is 4.79 Å². The van der Waals surface area contributed by atoms with E-state index >= 15 is 0 Å². The Morgan fingerprint density at radius 2 is 2.10 bits per heavy atom. The minimum Gasteiger partial charge on any atom is -0.478 e. The number of hydrogen-bond acceptors (Lipinski definition) is 3. The highest BCUT2D eigenvalue weighted by atomic mass is 35.5. The first-order valence-corrected chi connectivity index (χ1v) is 7.03. The van der Waals surface area contributed by atoms with E-state index in [-0.39, 0.29) is 5.91 Å². The van der Waals surface area contributed by atoms with Gasteiger partial charge < -0.3 is 15.8 Å². The van der Waals surface area contributed by atoms with E-state index in [1.165, 1.54) is 0 Å². The number of amides is 1. The minimum absolute atomic E-state index is 0.161. The van der Waals surface area contributed by atoms with Gasteiger partial charge in [-0.25, -0.2) is 0 Å². The number of hydrogen-bond donors (Lipinski definition) is 2. The lowest BCUT2D eigenvalue weighted by Gasteiger charge is -2.26. The zero-order chi connectivity index (χ0) is 15.0. The van der Waals surface area contributed by atoms with E-state index in [4.69, 9.17) is 22.1 Å². The molecule has 0 saturated carbocycles. The van der Waals surface area contributed by atoms with Crippen LogP contribution in [0.25, 0.3) is 0 Å². The third-order valence-electron chi connectivity index (χ3n) is 3.54. The third-order valence-corrected chi connectivity index (χ3v) is 3.78. The topological polar surface area (TPSA) is 64.3 Å². The molecule has 0 fully saturated rings. The van der Waals surface area contributed by atoms with Crippen molar-refractivity contribution in [3.63, 3.8) is 0 Å². The summed E-state index contributed by atoms with van der Waals surface area (Å²) in [6, 6.07) is 10.8. The van der Waals surface area contributed by atoms with Crippen LogP contribution in [0.1, 0.15) is 11.1 Å². The van der Waals surface area contributed by atoms with Crippen molar-refractivity contribution in [3.8, 4) is 5.75 Å². The van der Waals surface area contributed by atoms with Crippen LogP contribution in [0.5, 0.6) is 5.75 Å². The number of carbonyl (C=O) groups is 1. The van der Waals surface area contributed by atoms with Crippen molar-refractivity contribution in [2.75, 3.05) is 11.1 Å². The molecule has 21 heavy (non-hydrogen) atoms. The molecule has 0 radical (unpaired) electrons. The second-order valence-corrected chi connectivity index (χ2v) is 5.56. The highest BCUT2D eigenvalue weighted by molar-refractivity contribution is 6.30. The maximum Gasteiger partial charge on any atom is 0.265 e. The molecule has 0 aromatic heterocycles. The molecule has 108 valence electrons. The number of fused-ring (bicyclic) bond motifs is 1. The molecule has 2 aromatic rings. The first-order chi connectivity index (χ1) is 10.0. The third kappa shape index (κ3) is 2.81. The smallest absolute Gasteiger partial charge is 0.265 e. The van der Waals surface area contributed by atoms with E-state index < -0.39 is 6.10 Å². The zero-order valence-corrected chi connectivity index (χ0v) is 12.3. The number of rotatable bonds is 2. The normalized spacial score (nSPS) is 16.9. The molecule has 0 spiro atoms. The van der Waals surface area contributed by atoms with Gasteiger partial charge in [0, 0.05) is 23.2 Å². The van der Waals surface area contributed by atoms with Gasteiger partial charge in [0.25, 0.3) is 5.91 Å².